The maximum Gasteiger partial charge on any atom is 0.159 e. The lowest BCUT2D eigenvalue weighted by molar-refractivity contribution is -0.116. The standard InChI is InChI=1S/C21H32O2/c1-3-4-6-10-18-14-17(15-21(18)23)9-7-5-8-11-19-16(2)12-13-20(19)22/h14,17H,3-13,15H2,1-2H3. The summed E-state index contributed by atoms with van der Waals surface area (Å²) in [5.74, 6) is 1.25. The summed E-state index contributed by atoms with van der Waals surface area (Å²) in [7, 11) is 0. The van der Waals surface area contributed by atoms with Crippen molar-refractivity contribution in [3.05, 3.63) is 22.8 Å². The Bertz CT molecular complexity index is 496. The van der Waals surface area contributed by atoms with E-state index in [9.17, 15) is 9.59 Å². The van der Waals surface area contributed by atoms with Crippen LogP contribution in [-0.2, 0) is 9.59 Å². The molecule has 2 aliphatic rings. The minimum absolute atomic E-state index is 0.378. The molecule has 0 saturated heterocycles. The quantitative estimate of drug-likeness (QED) is 0.484. The van der Waals surface area contributed by atoms with Crippen molar-refractivity contribution in [2.24, 2.45) is 5.92 Å². The molecule has 0 spiro atoms. The minimum Gasteiger partial charge on any atom is -0.295 e. The molecule has 0 bridgehead atoms. The number of Topliss-reactive ketones (excluding diaryl/α,β-unsaturated/α-hetero) is 2. The van der Waals surface area contributed by atoms with E-state index in [1.165, 1.54) is 31.3 Å². The Balaban J connectivity index is 1.62. The van der Waals surface area contributed by atoms with Crippen LogP contribution in [0.25, 0.3) is 0 Å². The van der Waals surface area contributed by atoms with E-state index in [-0.39, 0.29) is 0 Å². The van der Waals surface area contributed by atoms with Crippen LogP contribution < -0.4 is 0 Å². The summed E-state index contributed by atoms with van der Waals surface area (Å²) >= 11 is 0. The van der Waals surface area contributed by atoms with E-state index in [0.29, 0.717) is 17.5 Å². The van der Waals surface area contributed by atoms with Crippen LogP contribution in [0, 0.1) is 5.92 Å². The third-order valence-electron chi connectivity index (χ3n) is 5.37. The first kappa shape index (κ1) is 18.2. The van der Waals surface area contributed by atoms with E-state index < -0.39 is 0 Å². The van der Waals surface area contributed by atoms with E-state index in [1.54, 1.807) is 0 Å². The topological polar surface area (TPSA) is 34.1 Å². The van der Waals surface area contributed by atoms with E-state index in [0.717, 1.165) is 62.5 Å². The van der Waals surface area contributed by atoms with Crippen LogP contribution in [0.3, 0.4) is 0 Å². The summed E-state index contributed by atoms with van der Waals surface area (Å²) in [6, 6.07) is 0. The van der Waals surface area contributed by atoms with Crippen molar-refractivity contribution in [3.63, 3.8) is 0 Å². The number of rotatable bonds is 10. The van der Waals surface area contributed by atoms with Crippen molar-refractivity contribution in [2.75, 3.05) is 0 Å². The Morgan fingerprint density at radius 3 is 2.43 bits per heavy atom. The summed E-state index contributed by atoms with van der Waals surface area (Å²) in [4.78, 5) is 23.7. The van der Waals surface area contributed by atoms with Crippen molar-refractivity contribution < 1.29 is 9.59 Å². The number of ketones is 2. The highest BCUT2D eigenvalue weighted by molar-refractivity contribution is 5.98. The lowest BCUT2D eigenvalue weighted by Crippen LogP contribution is -1.99. The molecule has 1 unspecified atom stereocenters. The number of carbonyl (C=O) groups is 2. The number of hydrogen-bond donors (Lipinski definition) is 0. The van der Waals surface area contributed by atoms with Crippen LogP contribution >= 0.6 is 0 Å². The van der Waals surface area contributed by atoms with Crippen molar-refractivity contribution in [1.29, 1.82) is 0 Å². The summed E-state index contributed by atoms with van der Waals surface area (Å²) in [5.41, 5.74) is 3.52. The van der Waals surface area contributed by atoms with Crippen molar-refractivity contribution in [3.8, 4) is 0 Å². The Kier molecular flexibility index (Phi) is 7.26. The van der Waals surface area contributed by atoms with Gasteiger partial charge in [-0.2, -0.15) is 0 Å². The zero-order chi connectivity index (χ0) is 16.7. The molecule has 2 aliphatic carbocycles. The van der Waals surface area contributed by atoms with Gasteiger partial charge in [0.15, 0.2) is 11.6 Å². The molecule has 1 atom stereocenters. The largest absolute Gasteiger partial charge is 0.295 e. The van der Waals surface area contributed by atoms with Gasteiger partial charge in [0.1, 0.15) is 0 Å². The highest BCUT2D eigenvalue weighted by Crippen LogP contribution is 2.30. The second kappa shape index (κ2) is 9.20. The first-order valence-electron chi connectivity index (χ1n) is 9.57. The molecule has 0 aromatic rings. The fraction of sp³-hybridized carbons (Fsp3) is 0.714. The fourth-order valence-electron chi connectivity index (χ4n) is 3.86. The van der Waals surface area contributed by atoms with E-state index in [4.69, 9.17) is 0 Å². The molecule has 2 rings (SSSR count). The van der Waals surface area contributed by atoms with E-state index in [1.807, 2.05) is 0 Å². The molecule has 0 aromatic heterocycles. The van der Waals surface area contributed by atoms with Gasteiger partial charge >= 0.3 is 0 Å². The third kappa shape index (κ3) is 5.44. The normalized spacial score (nSPS) is 21.5. The van der Waals surface area contributed by atoms with Gasteiger partial charge in [0.25, 0.3) is 0 Å². The van der Waals surface area contributed by atoms with Gasteiger partial charge < -0.3 is 0 Å². The average Bonchev–Trinajstić information content (AvgIpc) is 3.03. The van der Waals surface area contributed by atoms with Crippen LogP contribution in [-0.4, -0.2) is 11.6 Å². The molecular weight excluding hydrogens is 284 g/mol. The van der Waals surface area contributed by atoms with Crippen molar-refractivity contribution >= 4 is 11.6 Å². The van der Waals surface area contributed by atoms with Gasteiger partial charge in [-0.1, -0.05) is 44.3 Å². The Morgan fingerprint density at radius 2 is 1.74 bits per heavy atom. The summed E-state index contributed by atoms with van der Waals surface area (Å²) < 4.78 is 0. The summed E-state index contributed by atoms with van der Waals surface area (Å²) in [6.45, 7) is 4.31. The van der Waals surface area contributed by atoms with Crippen LogP contribution in [0.5, 0.6) is 0 Å². The number of unbranched alkanes of at least 4 members (excludes halogenated alkanes) is 4. The van der Waals surface area contributed by atoms with Gasteiger partial charge in [0, 0.05) is 12.8 Å². The molecular formula is C21H32O2. The molecule has 2 heteroatoms. The second-order valence-electron chi connectivity index (χ2n) is 7.32. The number of hydrogen-bond acceptors (Lipinski definition) is 2. The van der Waals surface area contributed by atoms with E-state index in [2.05, 4.69) is 19.9 Å². The zero-order valence-corrected chi connectivity index (χ0v) is 15.0. The number of allylic oxidation sites excluding steroid dienone is 4. The molecule has 23 heavy (non-hydrogen) atoms. The Labute approximate surface area is 141 Å². The maximum absolute atomic E-state index is 12.0. The van der Waals surface area contributed by atoms with Gasteiger partial charge in [-0.15, -0.1) is 0 Å². The van der Waals surface area contributed by atoms with Crippen LogP contribution in [0.4, 0.5) is 0 Å². The van der Waals surface area contributed by atoms with Crippen LogP contribution in [0.2, 0.25) is 0 Å². The Hall–Kier alpha value is -1.18. The molecule has 0 fully saturated rings. The molecule has 0 aromatic carbocycles. The van der Waals surface area contributed by atoms with Gasteiger partial charge in [-0.3, -0.25) is 9.59 Å². The molecule has 0 N–H and O–H groups in total. The van der Waals surface area contributed by atoms with Gasteiger partial charge in [0.05, 0.1) is 0 Å². The highest BCUT2D eigenvalue weighted by Gasteiger charge is 2.23. The second-order valence-corrected chi connectivity index (χ2v) is 7.32. The third-order valence-corrected chi connectivity index (χ3v) is 5.37. The van der Waals surface area contributed by atoms with Gasteiger partial charge in [0.2, 0.25) is 0 Å². The van der Waals surface area contributed by atoms with Crippen molar-refractivity contribution in [2.45, 2.75) is 90.9 Å². The predicted molar refractivity (Wildman–Crippen MR) is 95.4 cm³/mol. The zero-order valence-electron chi connectivity index (χ0n) is 15.0. The molecule has 128 valence electrons. The van der Waals surface area contributed by atoms with Crippen molar-refractivity contribution in [1.82, 2.24) is 0 Å². The number of carbonyl (C=O) groups excluding carboxylic acids is 2. The molecule has 0 saturated carbocycles. The smallest absolute Gasteiger partial charge is 0.159 e. The molecule has 2 nitrogen and oxygen atoms in total. The van der Waals surface area contributed by atoms with Crippen LogP contribution in [0.15, 0.2) is 22.8 Å². The minimum atomic E-state index is 0.378. The predicted octanol–water partition coefficient (Wildman–Crippen LogP) is 5.71. The molecule has 0 aliphatic heterocycles. The fourth-order valence-corrected chi connectivity index (χ4v) is 3.86. The average molecular weight is 316 g/mol. The lowest BCUT2D eigenvalue weighted by Gasteiger charge is -2.07. The lowest BCUT2D eigenvalue weighted by atomic mass is 9.98. The van der Waals surface area contributed by atoms with Crippen LogP contribution in [0.1, 0.15) is 90.9 Å². The molecule has 0 amide bonds. The van der Waals surface area contributed by atoms with Gasteiger partial charge in [-0.25, -0.2) is 0 Å². The maximum atomic E-state index is 12.0. The summed E-state index contributed by atoms with van der Waals surface area (Å²) in [6.07, 6.45) is 14.9. The highest BCUT2D eigenvalue weighted by atomic mass is 16.1. The van der Waals surface area contributed by atoms with Gasteiger partial charge in [-0.05, 0) is 62.5 Å². The first-order valence-corrected chi connectivity index (χ1v) is 9.57. The summed E-state index contributed by atoms with van der Waals surface area (Å²) in [5, 5.41) is 0. The first-order chi connectivity index (χ1) is 11.1. The molecule has 0 radical (unpaired) electrons. The van der Waals surface area contributed by atoms with E-state index >= 15 is 0 Å². The SMILES string of the molecule is CCCCCC1=CC(CCCCCC2=C(C)CCC2=O)CC1=O. The Morgan fingerprint density at radius 1 is 0.957 bits per heavy atom. The monoisotopic (exact) mass is 316 g/mol. The molecule has 0 heterocycles.